The zero-order valence-electron chi connectivity index (χ0n) is 14.4. The predicted octanol–water partition coefficient (Wildman–Crippen LogP) is 1.40. The van der Waals surface area contributed by atoms with Gasteiger partial charge in [0, 0.05) is 25.6 Å². The van der Waals surface area contributed by atoms with Gasteiger partial charge < -0.3 is 15.1 Å². The molecule has 3 rings (SSSR count). The molecule has 0 saturated carbocycles. The van der Waals surface area contributed by atoms with Gasteiger partial charge >= 0.3 is 5.76 Å². The number of aromatic nitrogens is 1. The summed E-state index contributed by atoms with van der Waals surface area (Å²) < 4.78 is 6.47. The van der Waals surface area contributed by atoms with Crippen LogP contribution in [0, 0.1) is 16.0 Å². The van der Waals surface area contributed by atoms with Crippen LogP contribution in [-0.4, -0.2) is 35.0 Å². The summed E-state index contributed by atoms with van der Waals surface area (Å²) in [6, 6.07) is 4.06. The fourth-order valence-corrected chi connectivity index (χ4v) is 3.24. The van der Waals surface area contributed by atoms with Crippen molar-refractivity contribution in [1.29, 1.82) is 0 Å². The number of hydrogen-bond donors (Lipinski definition) is 2. The summed E-state index contributed by atoms with van der Waals surface area (Å²) in [5.41, 5.74) is 0.545. The van der Waals surface area contributed by atoms with Gasteiger partial charge in [0.2, 0.25) is 5.91 Å². The van der Waals surface area contributed by atoms with Crippen molar-refractivity contribution in [2.45, 2.75) is 32.2 Å². The van der Waals surface area contributed by atoms with E-state index in [2.05, 4.69) is 10.6 Å². The highest BCUT2D eigenvalue weighted by Crippen LogP contribution is 2.20. The van der Waals surface area contributed by atoms with Gasteiger partial charge in [-0.2, -0.15) is 0 Å². The number of aryl methyl sites for hydroxylation is 1. The number of non-ortho nitro benzene ring substituents is 1. The Hall–Kier alpha value is -2.68. The number of carbonyl (C=O) groups excluding carboxylic acids is 1. The summed E-state index contributed by atoms with van der Waals surface area (Å²) in [4.78, 5) is 34.1. The zero-order valence-corrected chi connectivity index (χ0v) is 14.4. The van der Waals surface area contributed by atoms with Gasteiger partial charge in [0.15, 0.2) is 5.58 Å². The van der Waals surface area contributed by atoms with Gasteiger partial charge in [-0.1, -0.05) is 0 Å². The van der Waals surface area contributed by atoms with Gasteiger partial charge in [-0.15, -0.1) is 0 Å². The fourth-order valence-electron chi connectivity index (χ4n) is 3.24. The third-order valence-electron chi connectivity index (χ3n) is 4.69. The van der Waals surface area contributed by atoms with Crippen molar-refractivity contribution in [3.05, 3.63) is 38.9 Å². The van der Waals surface area contributed by atoms with Gasteiger partial charge in [0.05, 0.1) is 16.5 Å². The van der Waals surface area contributed by atoms with E-state index in [1.807, 2.05) is 0 Å². The predicted molar refractivity (Wildman–Crippen MR) is 95.0 cm³/mol. The molecule has 2 aromatic rings. The molecule has 0 bridgehead atoms. The first-order valence-electron chi connectivity index (χ1n) is 8.80. The standard InChI is InChI=1S/C17H22N4O5/c22-16(19-8-6-12-5-7-18-11-12)2-1-9-20-14-4-3-13(21(24)25)10-15(14)26-17(20)23/h3-4,10,12,18H,1-2,5-9,11H2,(H,19,22). The Morgan fingerprint density at radius 2 is 2.31 bits per heavy atom. The maximum atomic E-state index is 11.9. The van der Waals surface area contributed by atoms with Crippen LogP contribution in [0.2, 0.25) is 0 Å². The van der Waals surface area contributed by atoms with Crippen LogP contribution < -0.4 is 16.4 Å². The Kier molecular flexibility index (Phi) is 5.67. The molecule has 1 amide bonds. The largest absolute Gasteiger partial charge is 0.419 e. The first kappa shape index (κ1) is 18.1. The molecule has 2 N–H and O–H groups in total. The Morgan fingerprint density at radius 1 is 1.46 bits per heavy atom. The molecule has 0 spiro atoms. The summed E-state index contributed by atoms with van der Waals surface area (Å²) in [6.45, 7) is 3.06. The second-order valence-electron chi connectivity index (χ2n) is 6.53. The monoisotopic (exact) mass is 362 g/mol. The number of rotatable bonds is 8. The van der Waals surface area contributed by atoms with Crippen LogP contribution in [0.3, 0.4) is 0 Å². The lowest BCUT2D eigenvalue weighted by Gasteiger charge is -2.09. The van der Waals surface area contributed by atoms with Crippen LogP contribution in [0.15, 0.2) is 27.4 Å². The molecule has 1 atom stereocenters. The van der Waals surface area contributed by atoms with Gasteiger partial charge in [0.1, 0.15) is 0 Å². The highest BCUT2D eigenvalue weighted by Gasteiger charge is 2.15. The number of nitro groups is 1. The minimum atomic E-state index is -0.574. The van der Waals surface area contributed by atoms with Gasteiger partial charge in [-0.05, 0) is 44.3 Å². The molecule has 1 saturated heterocycles. The fraction of sp³-hybridized carbons (Fsp3) is 0.529. The normalized spacial score (nSPS) is 16.8. The van der Waals surface area contributed by atoms with Crippen LogP contribution in [0.1, 0.15) is 25.7 Å². The average Bonchev–Trinajstić information content (AvgIpc) is 3.22. The van der Waals surface area contributed by atoms with Crippen molar-refractivity contribution < 1.29 is 14.1 Å². The quantitative estimate of drug-likeness (QED) is 0.541. The lowest BCUT2D eigenvalue weighted by atomic mass is 10.1. The van der Waals surface area contributed by atoms with Crippen molar-refractivity contribution >= 4 is 22.7 Å². The van der Waals surface area contributed by atoms with Crippen LogP contribution in [0.4, 0.5) is 5.69 Å². The lowest BCUT2D eigenvalue weighted by molar-refractivity contribution is -0.384. The van der Waals surface area contributed by atoms with Gasteiger partial charge in [-0.3, -0.25) is 19.5 Å². The summed E-state index contributed by atoms with van der Waals surface area (Å²) in [7, 11) is 0. The Morgan fingerprint density at radius 3 is 3.04 bits per heavy atom. The van der Waals surface area contributed by atoms with E-state index < -0.39 is 10.7 Å². The molecule has 9 nitrogen and oxygen atoms in total. The minimum Gasteiger partial charge on any atom is -0.407 e. The molecule has 0 aliphatic carbocycles. The minimum absolute atomic E-state index is 0.0348. The van der Waals surface area contributed by atoms with Crippen molar-refractivity contribution in [3.63, 3.8) is 0 Å². The number of nitrogens with one attached hydrogen (secondary N) is 2. The maximum absolute atomic E-state index is 11.9. The number of nitrogens with zero attached hydrogens (tertiary/aromatic N) is 2. The van der Waals surface area contributed by atoms with E-state index in [1.54, 1.807) is 0 Å². The Balaban J connectivity index is 1.49. The Bertz CT molecular complexity index is 850. The number of nitro benzene ring substituents is 1. The molecule has 1 aromatic carbocycles. The topological polar surface area (TPSA) is 119 Å². The van der Waals surface area contributed by atoms with E-state index in [1.165, 1.54) is 22.8 Å². The molecule has 9 heteroatoms. The first-order chi connectivity index (χ1) is 12.5. The van der Waals surface area contributed by atoms with Crippen LogP contribution in [0.5, 0.6) is 0 Å². The Labute approximate surface area is 149 Å². The number of hydrogen-bond acceptors (Lipinski definition) is 6. The third kappa shape index (κ3) is 4.29. The summed E-state index contributed by atoms with van der Waals surface area (Å²) in [5.74, 6) is 0.0253. The van der Waals surface area contributed by atoms with E-state index in [9.17, 15) is 19.7 Å². The van der Waals surface area contributed by atoms with E-state index in [-0.39, 0.29) is 17.2 Å². The molecule has 0 radical (unpaired) electrons. The number of fused-ring (bicyclic) bond motifs is 1. The molecule has 1 unspecified atom stereocenters. The molecule has 1 aromatic heterocycles. The van der Waals surface area contributed by atoms with Gasteiger partial charge in [0.25, 0.3) is 5.69 Å². The van der Waals surface area contributed by atoms with Crippen molar-refractivity contribution in [2.24, 2.45) is 5.92 Å². The molecule has 1 fully saturated rings. The molecule has 140 valence electrons. The molecular formula is C17H22N4O5. The first-order valence-corrected chi connectivity index (χ1v) is 8.80. The summed E-state index contributed by atoms with van der Waals surface area (Å²) in [5, 5.41) is 17.0. The highest BCUT2D eigenvalue weighted by atomic mass is 16.6. The van der Waals surface area contributed by atoms with Crippen molar-refractivity contribution in [2.75, 3.05) is 19.6 Å². The average molecular weight is 362 g/mol. The van der Waals surface area contributed by atoms with Crippen LogP contribution in [-0.2, 0) is 11.3 Å². The van der Waals surface area contributed by atoms with Gasteiger partial charge in [-0.25, -0.2) is 4.79 Å². The third-order valence-corrected chi connectivity index (χ3v) is 4.69. The summed E-state index contributed by atoms with van der Waals surface area (Å²) >= 11 is 0. The SMILES string of the molecule is O=C(CCCn1c(=O)oc2cc([N+](=O)[O-])ccc21)NCCC1CCNC1. The number of oxazole rings is 1. The van der Waals surface area contributed by atoms with E-state index in [0.29, 0.717) is 37.4 Å². The van der Waals surface area contributed by atoms with Crippen LogP contribution in [0.25, 0.3) is 11.1 Å². The lowest BCUT2D eigenvalue weighted by Crippen LogP contribution is -2.26. The second kappa shape index (κ2) is 8.13. The molecular weight excluding hydrogens is 340 g/mol. The summed E-state index contributed by atoms with van der Waals surface area (Å²) in [6.07, 6.45) is 2.94. The maximum Gasteiger partial charge on any atom is 0.419 e. The molecule has 1 aliphatic heterocycles. The smallest absolute Gasteiger partial charge is 0.407 e. The number of benzene rings is 1. The van der Waals surface area contributed by atoms with Crippen molar-refractivity contribution in [1.82, 2.24) is 15.2 Å². The second-order valence-corrected chi connectivity index (χ2v) is 6.53. The number of carbonyl (C=O) groups is 1. The molecule has 2 heterocycles. The number of amides is 1. The van der Waals surface area contributed by atoms with E-state index in [4.69, 9.17) is 4.42 Å². The van der Waals surface area contributed by atoms with E-state index >= 15 is 0 Å². The molecule has 26 heavy (non-hydrogen) atoms. The molecule has 1 aliphatic rings. The van der Waals surface area contributed by atoms with Crippen molar-refractivity contribution in [3.8, 4) is 0 Å². The van der Waals surface area contributed by atoms with Crippen LogP contribution >= 0.6 is 0 Å². The van der Waals surface area contributed by atoms with E-state index in [0.717, 1.165) is 25.9 Å². The zero-order chi connectivity index (χ0) is 18.5. The highest BCUT2D eigenvalue weighted by molar-refractivity contribution is 5.76.